The van der Waals surface area contributed by atoms with Gasteiger partial charge < -0.3 is 4.57 Å². The summed E-state index contributed by atoms with van der Waals surface area (Å²) in [7, 11) is 0. The van der Waals surface area contributed by atoms with E-state index < -0.39 is 0 Å². The summed E-state index contributed by atoms with van der Waals surface area (Å²) in [5.74, 6) is 1.90. The molecule has 2 heterocycles. The largest absolute Gasteiger partial charge is 0.309 e. The van der Waals surface area contributed by atoms with E-state index in [0.717, 1.165) is 55.3 Å². The molecule has 0 amide bonds. The van der Waals surface area contributed by atoms with Gasteiger partial charge in [0.05, 0.1) is 16.7 Å². The molecule has 59 heavy (non-hydrogen) atoms. The molecule has 12 rings (SSSR count). The average Bonchev–Trinajstić information content (AvgIpc) is 3.60. The second kappa shape index (κ2) is 13.3. The van der Waals surface area contributed by atoms with Crippen molar-refractivity contribution in [1.82, 2.24) is 19.5 Å². The van der Waals surface area contributed by atoms with E-state index in [1.165, 1.54) is 43.1 Å². The molecule has 0 spiro atoms. The first-order valence-electron chi connectivity index (χ1n) is 20.0. The first kappa shape index (κ1) is 33.2. The van der Waals surface area contributed by atoms with Crippen molar-refractivity contribution in [2.45, 2.75) is 0 Å². The Labute approximate surface area is 340 Å². The second-order valence-corrected chi connectivity index (χ2v) is 15.3. The van der Waals surface area contributed by atoms with Crippen molar-refractivity contribution >= 4 is 64.9 Å². The van der Waals surface area contributed by atoms with Crippen molar-refractivity contribution in [2.24, 2.45) is 0 Å². The van der Waals surface area contributed by atoms with Crippen LogP contribution in [0.25, 0.3) is 116 Å². The predicted molar refractivity (Wildman–Crippen MR) is 246 cm³/mol. The Kier molecular flexibility index (Phi) is 7.50. The molecule has 0 aliphatic rings. The van der Waals surface area contributed by atoms with E-state index in [-0.39, 0.29) is 0 Å². The lowest BCUT2D eigenvalue weighted by molar-refractivity contribution is 1.07. The monoisotopic (exact) mass is 750 g/mol. The van der Waals surface area contributed by atoms with Crippen LogP contribution in [0.15, 0.2) is 206 Å². The summed E-state index contributed by atoms with van der Waals surface area (Å²) >= 11 is 0. The first-order valence-corrected chi connectivity index (χ1v) is 20.0. The van der Waals surface area contributed by atoms with Crippen molar-refractivity contribution in [3.63, 3.8) is 0 Å². The molecule has 4 nitrogen and oxygen atoms in total. The molecule has 0 aliphatic carbocycles. The van der Waals surface area contributed by atoms with Gasteiger partial charge >= 0.3 is 0 Å². The van der Waals surface area contributed by atoms with Gasteiger partial charge in [-0.05, 0) is 97.2 Å². The number of aromatic nitrogens is 4. The van der Waals surface area contributed by atoms with E-state index in [4.69, 9.17) is 15.0 Å². The molecule has 0 fully saturated rings. The minimum absolute atomic E-state index is 0.620. The summed E-state index contributed by atoms with van der Waals surface area (Å²) in [6.07, 6.45) is 0. The van der Waals surface area contributed by atoms with Crippen LogP contribution in [0.3, 0.4) is 0 Å². The Morgan fingerprint density at radius 2 is 0.780 bits per heavy atom. The van der Waals surface area contributed by atoms with E-state index in [2.05, 4.69) is 193 Å². The van der Waals surface area contributed by atoms with Crippen LogP contribution in [0.2, 0.25) is 0 Å². The number of nitrogens with zero attached hydrogens (tertiary/aromatic N) is 4. The van der Waals surface area contributed by atoms with Crippen molar-refractivity contribution in [1.29, 1.82) is 0 Å². The number of fused-ring (bicyclic) bond motifs is 7. The molecule has 4 heteroatoms. The van der Waals surface area contributed by atoms with Crippen LogP contribution in [-0.4, -0.2) is 19.5 Å². The van der Waals surface area contributed by atoms with Crippen LogP contribution < -0.4 is 0 Å². The quantitative estimate of drug-likeness (QED) is 0.176. The van der Waals surface area contributed by atoms with Gasteiger partial charge in [-0.1, -0.05) is 158 Å². The molecule has 0 N–H and O–H groups in total. The van der Waals surface area contributed by atoms with Crippen molar-refractivity contribution < 1.29 is 0 Å². The summed E-state index contributed by atoms with van der Waals surface area (Å²) in [6.45, 7) is 0. The van der Waals surface area contributed by atoms with Crippen LogP contribution in [0.5, 0.6) is 0 Å². The fourth-order valence-corrected chi connectivity index (χ4v) is 8.87. The highest BCUT2D eigenvalue weighted by molar-refractivity contribution is 6.17. The summed E-state index contributed by atoms with van der Waals surface area (Å²) in [4.78, 5) is 15.6. The van der Waals surface area contributed by atoms with E-state index >= 15 is 0 Å². The Hall–Kier alpha value is -7.95. The van der Waals surface area contributed by atoms with Gasteiger partial charge in [-0.25, -0.2) is 15.0 Å². The van der Waals surface area contributed by atoms with Gasteiger partial charge in [0.1, 0.15) is 0 Å². The van der Waals surface area contributed by atoms with Crippen LogP contribution in [0, 0.1) is 0 Å². The van der Waals surface area contributed by atoms with Crippen LogP contribution in [0.1, 0.15) is 0 Å². The van der Waals surface area contributed by atoms with Crippen molar-refractivity contribution in [2.75, 3.05) is 0 Å². The van der Waals surface area contributed by atoms with Crippen LogP contribution in [0.4, 0.5) is 0 Å². The molecule has 274 valence electrons. The summed E-state index contributed by atoms with van der Waals surface area (Å²) in [6, 6.07) is 73.7. The predicted octanol–water partition coefficient (Wildman–Crippen LogP) is 14.2. The van der Waals surface area contributed by atoms with Gasteiger partial charge in [-0.15, -0.1) is 0 Å². The molecule has 12 aromatic rings. The molecule has 0 aliphatic heterocycles. The smallest absolute Gasteiger partial charge is 0.164 e. The number of rotatable bonds is 5. The molecule has 0 radical (unpaired) electrons. The van der Waals surface area contributed by atoms with Gasteiger partial charge in [0.2, 0.25) is 0 Å². The zero-order chi connectivity index (χ0) is 38.9. The molecule has 2 aromatic heterocycles. The van der Waals surface area contributed by atoms with Gasteiger partial charge in [0.15, 0.2) is 17.5 Å². The Bertz CT molecular complexity index is 3520. The van der Waals surface area contributed by atoms with Crippen LogP contribution in [-0.2, 0) is 0 Å². The Morgan fingerprint density at radius 3 is 1.46 bits per heavy atom. The minimum Gasteiger partial charge on any atom is -0.309 e. The van der Waals surface area contributed by atoms with E-state index in [1.54, 1.807) is 0 Å². The lowest BCUT2D eigenvalue weighted by Crippen LogP contribution is -2.02. The average molecular weight is 751 g/mol. The fraction of sp³-hybridized carbons (Fsp3) is 0. The number of hydrogen-bond acceptors (Lipinski definition) is 3. The fourth-order valence-electron chi connectivity index (χ4n) is 8.87. The normalized spacial score (nSPS) is 11.7. The maximum atomic E-state index is 5.27. The third-order valence-corrected chi connectivity index (χ3v) is 11.8. The zero-order valence-electron chi connectivity index (χ0n) is 31.9. The van der Waals surface area contributed by atoms with Gasteiger partial charge in [-0.3, -0.25) is 0 Å². The molecule has 10 aromatic carbocycles. The molecular formula is C55H34N4. The number of benzene rings is 10. The van der Waals surface area contributed by atoms with Gasteiger partial charge in [0, 0.05) is 33.0 Å². The second-order valence-electron chi connectivity index (χ2n) is 15.3. The molecule has 0 bridgehead atoms. The lowest BCUT2D eigenvalue weighted by Gasteiger charge is -2.17. The highest BCUT2D eigenvalue weighted by Gasteiger charge is 2.20. The summed E-state index contributed by atoms with van der Waals surface area (Å²) in [5, 5.41) is 11.9. The Morgan fingerprint density at radius 1 is 0.271 bits per heavy atom. The molecule has 0 atom stereocenters. The Balaban J connectivity index is 1.16. The van der Waals surface area contributed by atoms with Gasteiger partial charge in [0.25, 0.3) is 0 Å². The van der Waals surface area contributed by atoms with Gasteiger partial charge in [-0.2, -0.15) is 0 Å². The summed E-state index contributed by atoms with van der Waals surface area (Å²) in [5.41, 5.74) is 8.43. The minimum atomic E-state index is 0.620. The molecular weight excluding hydrogens is 717 g/mol. The first-order chi connectivity index (χ1) is 29.2. The number of hydrogen-bond donors (Lipinski definition) is 0. The summed E-state index contributed by atoms with van der Waals surface area (Å²) < 4.78 is 2.46. The maximum Gasteiger partial charge on any atom is 0.164 e. The van der Waals surface area contributed by atoms with Crippen LogP contribution >= 0.6 is 0 Å². The van der Waals surface area contributed by atoms with E-state index in [0.29, 0.717) is 17.5 Å². The SMILES string of the molecule is c1ccc(-c2nc(-c3ccc(-n4c5cc6ccccc6cc5c5cc6ccccc6cc54)c(-c4ccc5ccccc5c4)c3)nc(-c3cccc4ccccc34)n2)cc1. The lowest BCUT2D eigenvalue weighted by atomic mass is 9.97. The third kappa shape index (κ3) is 5.57. The molecule has 0 saturated carbocycles. The van der Waals surface area contributed by atoms with E-state index in [1.807, 2.05) is 18.2 Å². The topological polar surface area (TPSA) is 43.6 Å². The van der Waals surface area contributed by atoms with Crippen molar-refractivity contribution in [3.05, 3.63) is 206 Å². The third-order valence-electron chi connectivity index (χ3n) is 11.8. The van der Waals surface area contributed by atoms with E-state index in [9.17, 15) is 0 Å². The molecule has 0 saturated heterocycles. The maximum absolute atomic E-state index is 5.27. The highest BCUT2D eigenvalue weighted by Crippen LogP contribution is 2.41. The zero-order valence-corrected chi connectivity index (χ0v) is 31.9. The standard InChI is InChI=1S/C55H34N4/c1-2-15-37(16-3-1)53-56-54(58-55(57-53)46-24-12-22-36-14-10-11-23-45(36)46)44-27-28-50(47(32-44)43-26-25-35-13-4-5-17-38(35)29-43)59-51-33-41-20-8-6-18-39(41)30-48(51)49-31-40-19-7-9-21-42(40)34-52(49)59/h1-34H. The highest BCUT2D eigenvalue weighted by atomic mass is 15.0. The van der Waals surface area contributed by atoms with Crippen molar-refractivity contribution in [3.8, 4) is 51.0 Å². The molecule has 0 unspecified atom stereocenters.